The van der Waals surface area contributed by atoms with Gasteiger partial charge in [-0.2, -0.15) is 4.99 Å². The first-order chi connectivity index (χ1) is 14.5. The molecule has 3 rings (SSSR count). The fourth-order valence-corrected chi connectivity index (χ4v) is 3.78. The van der Waals surface area contributed by atoms with Crippen molar-refractivity contribution in [2.45, 2.75) is 6.54 Å². The minimum absolute atomic E-state index is 0.0189. The van der Waals surface area contributed by atoms with Crippen molar-refractivity contribution in [2.75, 3.05) is 14.2 Å². The van der Waals surface area contributed by atoms with Crippen LogP contribution in [0.4, 0.5) is 5.69 Å². The molecule has 152 valence electrons. The average Bonchev–Trinajstić information content (AvgIpc) is 3.07. The van der Waals surface area contributed by atoms with E-state index in [1.54, 1.807) is 43.1 Å². The van der Waals surface area contributed by atoms with E-state index in [0.29, 0.717) is 21.9 Å². The summed E-state index contributed by atoms with van der Waals surface area (Å²) in [4.78, 5) is 27.2. The predicted octanol–water partition coefficient (Wildman–Crippen LogP) is 3.40. The van der Waals surface area contributed by atoms with E-state index in [0.717, 1.165) is 10.2 Å². The van der Waals surface area contributed by atoms with E-state index in [2.05, 4.69) is 10.9 Å². The van der Waals surface area contributed by atoms with Crippen molar-refractivity contribution in [1.29, 1.82) is 0 Å². The maximum Gasteiger partial charge on any atom is 0.272 e. The monoisotopic (exact) mass is 423 g/mol. The molecule has 0 aliphatic rings. The minimum atomic E-state index is -0.482. The quantitative estimate of drug-likeness (QED) is 0.262. The van der Waals surface area contributed by atoms with Gasteiger partial charge < -0.3 is 14.0 Å². The normalized spacial score (nSPS) is 11.6. The third-order valence-corrected chi connectivity index (χ3v) is 5.21. The summed E-state index contributed by atoms with van der Waals surface area (Å²) in [5, 5.41) is 10.7. The van der Waals surface area contributed by atoms with Crippen LogP contribution < -0.4 is 14.3 Å². The Morgan fingerprint density at radius 2 is 1.93 bits per heavy atom. The zero-order valence-electron chi connectivity index (χ0n) is 16.2. The Labute approximate surface area is 175 Å². The van der Waals surface area contributed by atoms with Gasteiger partial charge in [0.1, 0.15) is 0 Å². The SMILES string of the molecule is C#CCn1c(=NC(=O)C=Cc2ccc([N+](=O)[O-])cc2)sc2cc(OC)c(OC)cc21. The molecule has 0 saturated carbocycles. The molecule has 3 aromatic rings. The summed E-state index contributed by atoms with van der Waals surface area (Å²) in [6.07, 6.45) is 8.34. The van der Waals surface area contributed by atoms with Crippen LogP contribution in [0.3, 0.4) is 0 Å². The molecule has 0 saturated heterocycles. The number of hydrogen-bond donors (Lipinski definition) is 0. The molecular weight excluding hydrogens is 406 g/mol. The number of amides is 1. The molecule has 0 N–H and O–H groups in total. The number of rotatable bonds is 6. The highest BCUT2D eigenvalue weighted by molar-refractivity contribution is 7.16. The number of nitrogens with zero attached hydrogens (tertiary/aromatic N) is 3. The van der Waals surface area contributed by atoms with Crippen molar-refractivity contribution < 1.29 is 19.2 Å². The summed E-state index contributed by atoms with van der Waals surface area (Å²) in [6, 6.07) is 9.45. The number of aromatic nitrogens is 1. The van der Waals surface area contributed by atoms with Crippen LogP contribution in [0.5, 0.6) is 11.5 Å². The number of terminal acetylenes is 1. The molecular formula is C21H17N3O5S. The molecule has 0 aliphatic carbocycles. The Kier molecular flexibility index (Phi) is 6.29. The van der Waals surface area contributed by atoms with Gasteiger partial charge in [-0.25, -0.2) is 0 Å². The highest BCUT2D eigenvalue weighted by Crippen LogP contribution is 2.33. The zero-order chi connectivity index (χ0) is 21.7. The number of fused-ring (bicyclic) bond motifs is 1. The molecule has 2 aromatic carbocycles. The molecule has 0 spiro atoms. The third-order valence-electron chi connectivity index (χ3n) is 4.17. The maximum absolute atomic E-state index is 12.4. The van der Waals surface area contributed by atoms with Crippen molar-refractivity contribution in [1.82, 2.24) is 4.57 Å². The van der Waals surface area contributed by atoms with E-state index >= 15 is 0 Å². The molecule has 1 amide bonds. The van der Waals surface area contributed by atoms with Crippen molar-refractivity contribution in [3.8, 4) is 23.8 Å². The number of non-ortho nitro benzene ring substituents is 1. The van der Waals surface area contributed by atoms with Crippen LogP contribution in [0, 0.1) is 22.5 Å². The first kappa shape index (κ1) is 20.8. The Morgan fingerprint density at radius 1 is 1.27 bits per heavy atom. The average molecular weight is 423 g/mol. The number of ether oxygens (including phenoxy) is 2. The van der Waals surface area contributed by atoms with Crippen molar-refractivity contribution in [3.63, 3.8) is 0 Å². The van der Waals surface area contributed by atoms with E-state index in [-0.39, 0.29) is 12.2 Å². The van der Waals surface area contributed by atoms with Crippen LogP contribution >= 0.6 is 11.3 Å². The second-order valence-electron chi connectivity index (χ2n) is 5.98. The largest absolute Gasteiger partial charge is 0.493 e. The van der Waals surface area contributed by atoms with Gasteiger partial charge in [-0.15, -0.1) is 6.42 Å². The van der Waals surface area contributed by atoms with E-state index in [1.165, 1.54) is 29.5 Å². The third kappa shape index (κ3) is 4.39. The van der Waals surface area contributed by atoms with Crippen molar-refractivity contribution in [2.24, 2.45) is 4.99 Å². The molecule has 1 aromatic heterocycles. The second-order valence-corrected chi connectivity index (χ2v) is 6.99. The molecule has 9 heteroatoms. The van der Waals surface area contributed by atoms with E-state index in [4.69, 9.17) is 15.9 Å². The Morgan fingerprint density at radius 3 is 2.53 bits per heavy atom. The lowest BCUT2D eigenvalue weighted by atomic mass is 10.2. The number of carbonyl (C=O) groups is 1. The van der Waals surface area contributed by atoms with Crippen LogP contribution in [0.1, 0.15) is 5.56 Å². The lowest BCUT2D eigenvalue weighted by molar-refractivity contribution is -0.384. The summed E-state index contributed by atoms with van der Waals surface area (Å²) in [7, 11) is 3.09. The number of nitro groups is 1. The maximum atomic E-state index is 12.4. The zero-order valence-corrected chi connectivity index (χ0v) is 17.0. The van der Waals surface area contributed by atoms with Crippen LogP contribution in [-0.4, -0.2) is 29.6 Å². The lowest BCUT2D eigenvalue weighted by Crippen LogP contribution is -2.15. The molecule has 0 atom stereocenters. The van der Waals surface area contributed by atoms with Gasteiger partial charge in [0.2, 0.25) is 0 Å². The Hall–Kier alpha value is -3.90. The molecule has 0 radical (unpaired) electrons. The van der Waals surface area contributed by atoms with Gasteiger partial charge in [0.15, 0.2) is 16.3 Å². The van der Waals surface area contributed by atoms with E-state index in [9.17, 15) is 14.9 Å². The number of hydrogen-bond acceptors (Lipinski definition) is 6. The summed E-state index contributed by atoms with van der Waals surface area (Å²) >= 11 is 1.30. The number of methoxy groups -OCH3 is 2. The Bertz CT molecular complexity index is 1250. The topological polar surface area (TPSA) is 96.0 Å². The van der Waals surface area contributed by atoms with Crippen LogP contribution in [0.25, 0.3) is 16.3 Å². The van der Waals surface area contributed by atoms with Crippen LogP contribution in [0.2, 0.25) is 0 Å². The summed E-state index contributed by atoms with van der Waals surface area (Å²) in [6.45, 7) is 0.230. The molecule has 30 heavy (non-hydrogen) atoms. The predicted molar refractivity (Wildman–Crippen MR) is 114 cm³/mol. The fraction of sp³-hybridized carbons (Fsp3) is 0.143. The highest BCUT2D eigenvalue weighted by Gasteiger charge is 2.12. The number of nitro benzene ring substituents is 1. The molecule has 0 aliphatic heterocycles. The molecule has 0 unspecified atom stereocenters. The summed E-state index contributed by atoms with van der Waals surface area (Å²) in [5.41, 5.74) is 1.41. The standard InChI is InChI=1S/C21H17N3O5S/c1-4-11-23-16-12-17(28-2)18(29-3)13-19(16)30-21(23)22-20(25)10-7-14-5-8-15(9-6-14)24(26)27/h1,5-10,12-13H,11H2,2-3H3. The van der Waals surface area contributed by atoms with Crippen molar-refractivity contribution >= 4 is 39.2 Å². The first-order valence-corrected chi connectivity index (χ1v) is 9.48. The number of benzene rings is 2. The first-order valence-electron chi connectivity index (χ1n) is 8.67. The fourth-order valence-electron chi connectivity index (χ4n) is 2.73. The molecule has 1 heterocycles. The van der Waals surface area contributed by atoms with Crippen LogP contribution in [-0.2, 0) is 11.3 Å². The molecule has 0 bridgehead atoms. The van der Waals surface area contributed by atoms with Gasteiger partial charge in [-0.3, -0.25) is 14.9 Å². The van der Waals surface area contributed by atoms with Crippen molar-refractivity contribution in [3.05, 3.63) is 63.0 Å². The van der Waals surface area contributed by atoms with Gasteiger partial charge in [0, 0.05) is 30.3 Å². The van der Waals surface area contributed by atoms with Gasteiger partial charge in [0.25, 0.3) is 11.6 Å². The van der Waals surface area contributed by atoms with Gasteiger partial charge in [0.05, 0.1) is 35.9 Å². The smallest absolute Gasteiger partial charge is 0.272 e. The summed E-state index contributed by atoms with van der Waals surface area (Å²) < 4.78 is 13.3. The van der Waals surface area contributed by atoms with Crippen LogP contribution in [0.15, 0.2) is 47.5 Å². The Balaban J connectivity index is 1.97. The highest BCUT2D eigenvalue weighted by atomic mass is 32.1. The van der Waals surface area contributed by atoms with Gasteiger partial charge >= 0.3 is 0 Å². The molecule has 8 nitrogen and oxygen atoms in total. The van der Waals surface area contributed by atoms with E-state index in [1.807, 2.05) is 6.07 Å². The molecule has 0 fully saturated rings. The minimum Gasteiger partial charge on any atom is -0.493 e. The van der Waals surface area contributed by atoms with E-state index < -0.39 is 10.8 Å². The second kappa shape index (κ2) is 9.07. The van der Waals surface area contributed by atoms with Gasteiger partial charge in [-0.1, -0.05) is 17.3 Å². The number of thiazole rings is 1. The van der Waals surface area contributed by atoms with Gasteiger partial charge in [-0.05, 0) is 23.8 Å². The number of carbonyl (C=O) groups excluding carboxylic acids is 1. The summed E-state index contributed by atoms with van der Waals surface area (Å²) in [5.74, 6) is 3.20. The lowest BCUT2D eigenvalue weighted by Gasteiger charge is -2.08.